The molecule has 0 atom stereocenters. The standard InChI is InChI=1S/C28H23N/c1-20-3-9-23(10-4-20)26-17-27(24-11-5-21(2)6-12-24)19-28(18-26)25-13-7-22(8-14-25)15-16-29/h3-14,17-19H,15H2,1-2H3. The molecule has 0 aromatic heterocycles. The Balaban J connectivity index is 1.84. The molecule has 4 aromatic carbocycles. The van der Waals surface area contributed by atoms with Crippen molar-refractivity contribution in [3.8, 4) is 39.4 Å². The molecule has 0 fully saturated rings. The van der Waals surface area contributed by atoms with Gasteiger partial charge in [0.15, 0.2) is 0 Å². The van der Waals surface area contributed by atoms with Crippen LogP contribution >= 0.6 is 0 Å². The van der Waals surface area contributed by atoms with Crippen molar-refractivity contribution in [2.45, 2.75) is 20.3 Å². The Kier molecular flexibility index (Phi) is 5.27. The molecule has 0 aliphatic heterocycles. The van der Waals surface area contributed by atoms with Crippen LogP contribution in [0.25, 0.3) is 33.4 Å². The summed E-state index contributed by atoms with van der Waals surface area (Å²) in [5, 5.41) is 8.92. The van der Waals surface area contributed by atoms with E-state index >= 15 is 0 Å². The second-order valence-electron chi connectivity index (χ2n) is 7.56. The molecule has 0 bridgehead atoms. The quantitative estimate of drug-likeness (QED) is 0.366. The summed E-state index contributed by atoms with van der Waals surface area (Å²) in [5.74, 6) is 0. The highest BCUT2D eigenvalue weighted by atomic mass is 14.2. The molecule has 0 saturated heterocycles. The lowest BCUT2D eigenvalue weighted by Gasteiger charge is -2.12. The first-order valence-electron chi connectivity index (χ1n) is 9.88. The van der Waals surface area contributed by atoms with E-state index in [-0.39, 0.29) is 0 Å². The summed E-state index contributed by atoms with van der Waals surface area (Å²) in [4.78, 5) is 0. The number of hydrogen-bond donors (Lipinski definition) is 0. The molecule has 0 unspecified atom stereocenters. The van der Waals surface area contributed by atoms with Gasteiger partial charge in [0.1, 0.15) is 0 Å². The van der Waals surface area contributed by atoms with Crippen molar-refractivity contribution in [3.05, 3.63) is 108 Å². The third-order valence-corrected chi connectivity index (χ3v) is 5.27. The highest BCUT2D eigenvalue weighted by Gasteiger charge is 2.08. The van der Waals surface area contributed by atoms with Gasteiger partial charge in [-0.15, -0.1) is 0 Å². The molecule has 0 spiro atoms. The van der Waals surface area contributed by atoms with E-state index < -0.39 is 0 Å². The first-order chi connectivity index (χ1) is 14.1. The summed E-state index contributed by atoms with van der Waals surface area (Å²) in [7, 11) is 0. The number of hydrogen-bond acceptors (Lipinski definition) is 1. The third kappa shape index (κ3) is 4.28. The van der Waals surface area contributed by atoms with Gasteiger partial charge in [0.25, 0.3) is 0 Å². The van der Waals surface area contributed by atoms with Crippen LogP contribution in [-0.2, 0) is 6.42 Å². The van der Waals surface area contributed by atoms with Gasteiger partial charge in [-0.1, -0.05) is 83.9 Å². The van der Waals surface area contributed by atoms with Crippen LogP contribution in [-0.4, -0.2) is 0 Å². The maximum atomic E-state index is 8.92. The van der Waals surface area contributed by atoms with Gasteiger partial charge in [-0.05, 0) is 71.0 Å². The van der Waals surface area contributed by atoms with Crippen LogP contribution in [0.1, 0.15) is 16.7 Å². The van der Waals surface area contributed by atoms with E-state index in [1.165, 1.54) is 38.9 Å². The highest BCUT2D eigenvalue weighted by Crippen LogP contribution is 2.33. The van der Waals surface area contributed by atoms with Crippen molar-refractivity contribution < 1.29 is 0 Å². The van der Waals surface area contributed by atoms with E-state index in [1.54, 1.807) is 0 Å². The van der Waals surface area contributed by atoms with Gasteiger partial charge < -0.3 is 0 Å². The molecular formula is C28H23N. The summed E-state index contributed by atoms with van der Waals surface area (Å²) in [6.07, 6.45) is 0.443. The number of aryl methyl sites for hydroxylation is 2. The molecule has 0 saturated carbocycles. The van der Waals surface area contributed by atoms with Crippen LogP contribution in [0.2, 0.25) is 0 Å². The Morgan fingerprint density at radius 1 is 0.517 bits per heavy atom. The predicted octanol–water partition coefficient (Wildman–Crippen LogP) is 7.37. The van der Waals surface area contributed by atoms with Crippen LogP contribution in [0, 0.1) is 25.2 Å². The van der Waals surface area contributed by atoms with Crippen LogP contribution in [0.4, 0.5) is 0 Å². The Hall–Kier alpha value is -3.63. The van der Waals surface area contributed by atoms with E-state index in [2.05, 4.69) is 98.8 Å². The van der Waals surface area contributed by atoms with Crippen molar-refractivity contribution in [1.82, 2.24) is 0 Å². The zero-order valence-corrected chi connectivity index (χ0v) is 16.8. The van der Waals surface area contributed by atoms with Gasteiger partial charge in [-0.2, -0.15) is 5.26 Å². The Bertz CT molecular complexity index is 1100. The topological polar surface area (TPSA) is 23.8 Å². The maximum absolute atomic E-state index is 8.92. The van der Waals surface area contributed by atoms with Gasteiger partial charge >= 0.3 is 0 Å². The second kappa shape index (κ2) is 8.17. The van der Waals surface area contributed by atoms with Crippen molar-refractivity contribution in [1.29, 1.82) is 5.26 Å². The average molecular weight is 373 g/mol. The minimum Gasteiger partial charge on any atom is -0.198 e. The molecule has 4 rings (SSSR count). The SMILES string of the molecule is Cc1ccc(-c2cc(-c3ccc(C)cc3)cc(-c3ccc(CC#N)cc3)c2)cc1. The molecule has 0 radical (unpaired) electrons. The molecule has 0 N–H and O–H groups in total. The highest BCUT2D eigenvalue weighted by molar-refractivity contribution is 5.81. The molecule has 0 aliphatic rings. The predicted molar refractivity (Wildman–Crippen MR) is 122 cm³/mol. The summed E-state index contributed by atoms with van der Waals surface area (Å²) in [5.41, 5.74) is 10.8. The molecule has 4 aromatic rings. The Morgan fingerprint density at radius 3 is 1.21 bits per heavy atom. The van der Waals surface area contributed by atoms with E-state index in [9.17, 15) is 0 Å². The molecule has 140 valence electrons. The minimum absolute atomic E-state index is 0.443. The van der Waals surface area contributed by atoms with E-state index in [1.807, 2.05) is 12.1 Å². The van der Waals surface area contributed by atoms with E-state index in [0.29, 0.717) is 6.42 Å². The van der Waals surface area contributed by atoms with E-state index in [4.69, 9.17) is 5.26 Å². The van der Waals surface area contributed by atoms with Gasteiger partial charge in [0.05, 0.1) is 12.5 Å². The Labute approximate surface area is 172 Å². The summed E-state index contributed by atoms with van der Waals surface area (Å²) >= 11 is 0. The van der Waals surface area contributed by atoms with Gasteiger partial charge in [-0.3, -0.25) is 0 Å². The largest absolute Gasteiger partial charge is 0.198 e. The number of benzene rings is 4. The second-order valence-corrected chi connectivity index (χ2v) is 7.56. The molecular weight excluding hydrogens is 350 g/mol. The number of nitrogens with zero attached hydrogens (tertiary/aromatic N) is 1. The lowest BCUT2D eigenvalue weighted by molar-refractivity contribution is 1.26. The lowest BCUT2D eigenvalue weighted by atomic mass is 9.92. The Morgan fingerprint density at radius 2 is 0.862 bits per heavy atom. The molecule has 29 heavy (non-hydrogen) atoms. The molecule has 1 nitrogen and oxygen atoms in total. The fourth-order valence-electron chi connectivity index (χ4n) is 3.53. The average Bonchev–Trinajstić information content (AvgIpc) is 2.75. The molecule has 1 heteroatoms. The van der Waals surface area contributed by atoms with Crippen LogP contribution in [0.5, 0.6) is 0 Å². The van der Waals surface area contributed by atoms with Crippen molar-refractivity contribution in [3.63, 3.8) is 0 Å². The summed E-state index contributed by atoms with van der Waals surface area (Å²) < 4.78 is 0. The van der Waals surface area contributed by atoms with Crippen molar-refractivity contribution >= 4 is 0 Å². The first kappa shape index (κ1) is 18.7. The first-order valence-corrected chi connectivity index (χ1v) is 9.88. The fraction of sp³-hybridized carbons (Fsp3) is 0.107. The third-order valence-electron chi connectivity index (χ3n) is 5.27. The molecule has 0 aliphatic carbocycles. The van der Waals surface area contributed by atoms with Gasteiger partial charge in [0.2, 0.25) is 0 Å². The smallest absolute Gasteiger partial charge is 0.0669 e. The fourth-order valence-corrected chi connectivity index (χ4v) is 3.53. The number of rotatable bonds is 4. The van der Waals surface area contributed by atoms with Crippen molar-refractivity contribution in [2.24, 2.45) is 0 Å². The van der Waals surface area contributed by atoms with Crippen LogP contribution in [0.3, 0.4) is 0 Å². The van der Waals surface area contributed by atoms with Gasteiger partial charge in [0, 0.05) is 0 Å². The maximum Gasteiger partial charge on any atom is 0.0669 e. The molecule has 0 heterocycles. The summed E-state index contributed by atoms with van der Waals surface area (Å²) in [6, 6.07) is 34.7. The zero-order chi connectivity index (χ0) is 20.2. The number of nitriles is 1. The van der Waals surface area contributed by atoms with Crippen molar-refractivity contribution in [2.75, 3.05) is 0 Å². The zero-order valence-electron chi connectivity index (χ0n) is 16.8. The lowest BCUT2D eigenvalue weighted by Crippen LogP contribution is -1.87. The monoisotopic (exact) mass is 373 g/mol. The van der Waals surface area contributed by atoms with Gasteiger partial charge in [-0.25, -0.2) is 0 Å². The minimum atomic E-state index is 0.443. The molecule has 0 amide bonds. The summed E-state index contributed by atoms with van der Waals surface area (Å²) in [6.45, 7) is 4.22. The van der Waals surface area contributed by atoms with Crippen LogP contribution in [0.15, 0.2) is 91.0 Å². The van der Waals surface area contributed by atoms with Crippen LogP contribution < -0.4 is 0 Å². The normalized spacial score (nSPS) is 10.5. The van der Waals surface area contributed by atoms with E-state index in [0.717, 1.165) is 11.1 Å².